The van der Waals surface area contributed by atoms with Gasteiger partial charge in [0.05, 0.1) is 12.4 Å². The number of nitrogens with one attached hydrogen (secondary N) is 1. The summed E-state index contributed by atoms with van der Waals surface area (Å²) in [6, 6.07) is 0. The van der Waals surface area contributed by atoms with Crippen molar-refractivity contribution in [1.29, 1.82) is 0 Å². The van der Waals surface area contributed by atoms with Crippen molar-refractivity contribution < 1.29 is 9.90 Å². The third-order valence-electron chi connectivity index (χ3n) is 2.77. The van der Waals surface area contributed by atoms with Crippen LogP contribution in [0.4, 0.5) is 5.82 Å². The van der Waals surface area contributed by atoms with Crippen molar-refractivity contribution in [3.05, 3.63) is 18.1 Å². The molecule has 0 radical (unpaired) electrons. The minimum atomic E-state index is -1.05. The van der Waals surface area contributed by atoms with Gasteiger partial charge in [-0.1, -0.05) is 0 Å². The van der Waals surface area contributed by atoms with Crippen LogP contribution < -0.4 is 5.32 Å². The van der Waals surface area contributed by atoms with Gasteiger partial charge in [0, 0.05) is 6.54 Å². The molecule has 0 amide bonds. The fourth-order valence-electron chi connectivity index (χ4n) is 1.75. The van der Waals surface area contributed by atoms with Gasteiger partial charge in [0.1, 0.15) is 5.82 Å². The molecule has 0 saturated carbocycles. The van der Waals surface area contributed by atoms with E-state index >= 15 is 0 Å². The Kier molecular flexibility index (Phi) is 4.19. The second-order valence-electron chi connectivity index (χ2n) is 4.03. The van der Waals surface area contributed by atoms with Gasteiger partial charge in [-0.2, -0.15) is 11.8 Å². The summed E-state index contributed by atoms with van der Waals surface area (Å²) in [5.41, 5.74) is -0.0193. The molecule has 2 heterocycles. The van der Waals surface area contributed by atoms with E-state index in [-0.39, 0.29) is 5.69 Å². The molecule has 1 saturated heterocycles. The second-order valence-corrected chi connectivity index (χ2v) is 5.26. The number of aromatic carboxylic acids is 1. The van der Waals surface area contributed by atoms with Gasteiger partial charge in [0.25, 0.3) is 0 Å². The highest BCUT2D eigenvalue weighted by Gasteiger charge is 2.14. The van der Waals surface area contributed by atoms with Crippen molar-refractivity contribution in [3.63, 3.8) is 0 Å². The molecular formula is C11H15N3O2S. The standard InChI is InChI=1S/C11H15N3O2S/c15-11(16)9-6-12-7-10(14-9)13-5-8-1-3-17-4-2-8/h6-8H,1-5H2,(H,13,14)(H,15,16). The number of aromatic nitrogens is 2. The van der Waals surface area contributed by atoms with E-state index in [0.29, 0.717) is 11.7 Å². The van der Waals surface area contributed by atoms with Crippen molar-refractivity contribution in [2.75, 3.05) is 23.4 Å². The molecule has 6 heteroatoms. The van der Waals surface area contributed by atoms with Gasteiger partial charge in [-0.3, -0.25) is 4.98 Å². The molecule has 0 spiro atoms. The van der Waals surface area contributed by atoms with Crippen LogP contribution in [0.1, 0.15) is 23.3 Å². The molecule has 1 aliphatic heterocycles. The van der Waals surface area contributed by atoms with Crippen LogP contribution in [0.15, 0.2) is 12.4 Å². The van der Waals surface area contributed by atoms with Gasteiger partial charge in [0.2, 0.25) is 0 Å². The first-order valence-electron chi connectivity index (χ1n) is 5.62. The number of nitrogens with zero attached hydrogens (tertiary/aromatic N) is 2. The number of carbonyl (C=O) groups is 1. The zero-order chi connectivity index (χ0) is 12.1. The Bertz CT molecular complexity index is 394. The van der Waals surface area contributed by atoms with E-state index in [1.54, 1.807) is 6.20 Å². The van der Waals surface area contributed by atoms with Crippen molar-refractivity contribution in [2.24, 2.45) is 5.92 Å². The van der Waals surface area contributed by atoms with Gasteiger partial charge < -0.3 is 10.4 Å². The second kappa shape index (κ2) is 5.86. The van der Waals surface area contributed by atoms with Crippen LogP contribution in [-0.2, 0) is 0 Å². The lowest BCUT2D eigenvalue weighted by Crippen LogP contribution is -2.20. The Morgan fingerprint density at radius 3 is 2.94 bits per heavy atom. The third kappa shape index (κ3) is 3.59. The van der Waals surface area contributed by atoms with Gasteiger partial charge in [-0.25, -0.2) is 9.78 Å². The summed E-state index contributed by atoms with van der Waals surface area (Å²) >= 11 is 1.99. The predicted molar refractivity (Wildman–Crippen MR) is 67.5 cm³/mol. The Morgan fingerprint density at radius 1 is 1.47 bits per heavy atom. The minimum absolute atomic E-state index is 0.0193. The molecule has 1 aromatic rings. The maximum atomic E-state index is 10.7. The summed E-state index contributed by atoms with van der Waals surface area (Å²) in [7, 11) is 0. The minimum Gasteiger partial charge on any atom is -0.476 e. The summed E-state index contributed by atoms with van der Waals surface area (Å²) < 4.78 is 0. The van der Waals surface area contributed by atoms with E-state index in [9.17, 15) is 4.79 Å². The number of rotatable bonds is 4. The van der Waals surface area contributed by atoms with E-state index in [2.05, 4.69) is 15.3 Å². The Hall–Kier alpha value is -1.30. The molecule has 0 bridgehead atoms. The lowest BCUT2D eigenvalue weighted by molar-refractivity contribution is 0.0690. The molecular weight excluding hydrogens is 238 g/mol. The van der Waals surface area contributed by atoms with Crippen LogP contribution in [0.25, 0.3) is 0 Å². The van der Waals surface area contributed by atoms with Gasteiger partial charge in [0.15, 0.2) is 5.69 Å². The molecule has 92 valence electrons. The van der Waals surface area contributed by atoms with E-state index in [0.717, 1.165) is 6.54 Å². The normalized spacial score (nSPS) is 16.7. The molecule has 0 aliphatic carbocycles. The first kappa shape index (κ1) is 12.2. The third-order valence-corrected chi connectivity index (χ3v) is 3.82. The maximum Gasteiger partial charge on any atom is 0.356 e. The highest BCUT2D eigenvalue weighted by molar-refractivity contribution is 7.99. The molecule has 0 aromatic carbocycles. The molecule has 1 aliphatic rings. The fourth-order valence-corrected chi connectivity index (χ4v) is 2.96. The van der Waals surface area contributed by atoms with Crippen LogP contribution >= 0.6 is 11.8 Å². The first-order valence-corrected chi connectivity index (χ1v) is 6.78. The molecule has 2 N–H and O–H groups in total. The molecule has 5 nitrogen and oxygen atoms in total. The zero-order valence-electron chi connectivity index (χ0n) is 9.43. The lowest BCUT2D eigenvalue weighted by atomic mass is 10.0. The van der Waals surface area contributed by atoms with E-state index < -0.39 is 5.97 Å². The Labute approximate surface area is 104 Å². The molecule has 17 heavy (non-hydrogen) atoms. The predicted octanol–water partition coefficient (Wildman–Crippen LogP) is 1.73. The number of thioether (sulfide) groups is 1. The van der Waals surface area contributed by atoms with E-state index in [1.165, 1.54) is 30.5 Å². The van der Waals surface area contributed by atoms with Crippen molar-refractivity contribution >= 4 is 23.5 Å². The zero-order valence-corrected chi connectivity index (χ0v) is 10.2. The smallest absolute Gasteiger partial charge is 0.356 e. The highest BCUT2D eigenvalue weighted by Crippen LogP contribution is 2.22. The van der Waals surface area contributed by atoms with Crippen LogP contribution in [0.2, 0.25) is 0 Å². The largest absolute Gasteiger partial charge is 0.476 e. The molecule has 1 aromatic heterocycles. The number of hydrogen-bond acceptors (Lipinski definition) is 5. The maximum absolute atomic E-state index is 10.7. The van der Waals surface area contributed by atoms with Crippen LogP contribution in [-0.4, -0.2) is 39.1 Å². The monoisotopic (exact) mass is 253 g/mol. The van der Waals surface area contributed by atoms with Gasteiger partial charge in [-0.05, 0) is 30.3 Å². The number of carboxylic acids is 1. The van der Waals surface area contributed by atoms with Gasteiger partial charge in [-0.15, -0.1) is 0 Å². The highest BCUT2D eigenvalue weighted by atomic mass is 32.2. The summed E-state index contributed by atoms with van der Waals surface area (Å²) in [5.74, 6) is 2.59. The van der Waals surface area contributed by atoms with Crippen molar-refractivity contribution in [1.82, 2.24) is 9.97 Å². The van der Waals surface area contributed by atoms with E-state index in [1.807, 2.05) is 11.8 Å². The average Bonchev–Trinajstić information content (AvgIpc) is 2.38. The Balaban J connectivity index is 1.89. The first-order chi connectivity index (χ1) is 8.25. The topological polar surface area (TPSA) is 75.1 Å². The molecule has 2 rings (SSSR count). The summed E-state index contributed by atoms with van der Waals surface area (Å²) in [5, 5.41) is 12.0. The number of hydrogen-bond donors (Lipinski definition) is 2. The van der Waals surface area contributed by atoms with E-state index in [4.69, 9.17) is 5.11 Å². The quantitative estimate of drug-likeness (QED) is 0.851. The van der Waals surface area contributed by atoms with Crippen molar-refractivity contribution in [3.8, 4) is 0 Å². The number of carboxylic acid groups (broad SMARTS) is 1. The van der Waals surface area contributed by atoms with Crippen LogP contribution in [0, 0.1) is 5.92 Å². The summed E-state index contributed by atoms with van der Waals surface area (Å²) in [4.78, 5) is 18.6. The SMILES string of the molecule is O=C(O)c1cncc(NCC2CCSCC2)n1. The number of anilines is 1. The summed E-state index contributed by atoms with van der Waals surface area (Å²) in [6.07, 6.45) is 5.24. The molecule has 0 atom stereocenters. The van der Waals surface area contributed by atoms with Crippen molar-refractivity contribution in [2.45, 2.75) is 12.8 Å². The Morgan fingerprint density at radius 2 is 2.24 bits per heavy atom. The summed E-state index contributed by atoms with van der Waals surface area (Å²) in [6.45, 7) is 0.846. The van der Waals surface area contributed by atoms with Gasteiger partial charge >= 0.3 is 5.97 Å². The molecule has 0 unspecified atom stereocenters. The van der Waals surface area contributed by atoms with Crippen LogP contribution in [0.3, 0.4) is 0 Å². The lowest BCUT2D eigenvalue weighted by Gasteiger charge is -2.21. The van der Waals surface area contributed by atoms with Crippen LogP contribution in [0.5, 0.6) is 0 Å². The average molecular weight is 253 g/mol. The molecule has 1 fully saturated rings. The fraction of sp³-hybridized carbons (Fsp3) is 0.545.